The van der Waals surface area contributed by atoms with Crippen LogP contribution in [-0.4, -0.2) is 11.1 Å². The number of para-hydroxylation sites is 1. The van der Waals surface area contributed by atoms with E-state index in [4.69, 9.17) is 4.42 Å². The van der Waals surface area contributed by atoms with Crippen LogP contribution in [0, 0.1) is 17.0 Å². The molecular weight excluding hydrogens is 332 g/mol. The molecule has 1 aromatic heterocycles. The van der Waals surface area contributed by atoms with E-state index in [1.54, 1.807) is 0 Å². The van der Waals surface area contributed by atoms with Crippen molar-refractivity contribution in [1.82, 2.24) is 0 Å². The molecule has 6 heteroatoms. The molecule has 0 saturated heterocycles. The van der Waals surface area contributed by atoms with E-state index in [1.807, 2.05) is 31.2 Å². The minimum absolute atomic E-state index is 0.240. The van der Waals surface area contributed by atoms with Gasteiger partial charge in [-0.15, -0.1) is 0 Å². The third-order valence-corrected chi connectivity index (χ3v) is 4.86. The Kier molecular flexibility index (Phi) is 3.95. The van der Waals surface area contributed by atoms with Crippen LogP contribution in [0.25, 0.3) is 11.0 Å². The van der Waals surface area contributed by atoms with Gasteiger partial charge in [-0.25, -0.2) is 0 Å². The van der Waals surface area contributed by atoms with Gasteiger partial charge in [-0.3, -0.25) is 15.1 Å². The van der Waals surface area contributed by atoms with Gasteiger partial charge in [0.15, 0.2) is 0 Å². The van der Waals surface area contributed by atoms with Crippen molar-refractivity contribution >= 4 is 28.6 Å². The van der Waals surface area contributed by atoms with Crippen LogP contribution in [0.1, 0.15) is 35.3 Å². The molecule has 0 radical (unpaired) electrons. The lowest BCUT2D eigenvalue weighted by Crippen LogP contribution is -2.04. The first-order valence-electron chi connectivity index (χ1n) is 8.58. The van der Waals surface area contributed by atoms with Gasteiger partial charge >= 0.3 is 0 Å². The molecule has 2 aromatic carbocycles. The lowest BCUT2D eigenvalue weighted by atomic mass is 9.93. The topological polar surface area (TPSA) is 91.7 Å². The molecule has 132 valence electrons. The van der Waals surface area contributed by atoms with Gasteiger partial charge in [-0.05, 0) is 43.6 Å². The van der Waals surface area contributed by atoms with Crippen LogP contribution in [0.4, 0.5) is 11.4 Å². The van der Waals surface area contributed by atoms with Gasteiger partial charge in [0.2, 0.25) is 0 Å². The second kappa shape index (κ2) is 6.29. The predicted octanol–water partition coefficient (Wildman–Crippen LogP) is 4.35. The standard InChI is InChI=1S/C20H18N2O4/c1-12-6-2-4-8-15(12)21-11-14-19-13-7-3-5-9-17(13)26-18(19)10-16(20(14)23)22(24)25/h2,4,6,8,10-11,23H,3,5,7,9H2,1H3/p-1. The Morgan fingerprint density at radius 2 is 2.00 bits per heavy atom. The van der Waals surface area contributed by atoms with Crippen molar-refractivity contribution in [2.24, 2.45) is 4.99 Å². The number of furan rings is 1. The number of nitro benzene ring substituents is 1. The zero-order chi connectivity index (χ0) is 18.3. The summed E-state index contributed by atoms with van der Waals surface area (Å²) in [5.41, 5.74) is 2.84. The van der Waals surface area contributed by atoms with Crippen LogP contribution in [0.2, 0.25) is 0 Å². The molecule has 6 nitrogen and oxygen atoms in total. The number of benzene rings is 2. The summed E-state index contributed by atoms with van der Waals surface area (Å²) in [5.74, 6) is 0.214. The van der Waals surface area contributed by atoms with E-state index < -0.39 is 16.4 Å². The highest BCUT2D eigenvalue weighted by molar-refractivity contribution is 6.05. The summed E-state index contributed by atoms with van der Waals surface area (Å²) in [7, 11) is 0. The fraction of sp³-hybridized carbons (Fsp3) is 0.250. The first kappa shape index (κ1) is 16.3. The minimum atomic E-state index is -0.658. The Hall–Kier alpha value is -3.15. The Bertz CT molecular complexity index is 1050. The van der Waals surface area contributed by atoms with Gasteiger partial charge in [-0.2, -0.15) is 0 Å². The molecular formula is C20H17N2O4-. The minimum Gasteiger partial charge on any atom is -0.867 e. The monoisotopic (exact) mass is 349 g/mol. The number of rotatable bonds is 3. The van der Waals surface area contributed by atoms with Crippen molar-refractivity contribution in [2.45, 2.75) is 32.6 Å². The summed E-state index contributed by atoms with van der Waals surface area (Å²) in [4.78, 5) is 15.1. The van der Waals surface area contributed by atoms with Gasteiger partial charge < -0.3 is 9.52 Å². The maximum Gasteiger partial charge on any atom is 0.266 e. The summed E-state index contributed by atoms with van der Waals surface area (Å²) in [6.07, 6.45) is 5.09. The van der Waals surface area contributed by atoms with E-state index in [0.29, 0.717) is 11.0 Å². The molecule has 0 unspecified atom stereocenters. The molecule has 0 aliphatic heterocycles. The summed E-state index contributed by atoms with van der Waals surface area (Å²) < 4.78 is 5.85. The van der Waals surface area contributed by atoms with Crippen molar-refractivity contribution in [3.05, 3.63) is 62.9 Å². The lowest BCUT2D eigenvalue weighted by molar-refractivity contribution is -0.398. The van der Waals surface area contributed by atoms with Gasteiger partial charge in [0.05, 0.1) is 16.7 Å². The molecule has 0 amide bonds. The molecule has 0 saturated carbocycles. The Labute approximate surface area is 149 Å². The molecule has 0 N–H and O–H groups in total. The summed E-state index contributed by atoms with van der Waals surface area (Å²) in [5, 5.41) is 24.7. The Balaban J connectivity index is 1.96. The number of nitrogens with zero attached hydrogens (tertiary/aromatic N) is 2. The van der Waals surface area contributed by atoms with Gasteiger partial charge in [-0.1, -0.05) is 18.2 Å². The van der Waals surface area contributed by atoms with Crippen molar-refractivity contribution < 1.29 is 14.4 Å². The first-order chi connectivity index (χ1) is 12.6. The molecule has 4 rings (SSSR count). The molecule has 0 atom stereocenters. The van der Waals surface area contributed by atoms with Crippen molar-refractivity contribution in [1.29, 1.82) is 0 Å². The number of aryl methyl sites for hydroxylation is 3. The molecule has 0 spiro atoms. The van der Waals surface area contributed by atoms with E-state index in [2.05, 4.69) is 4.99 Å². The largest absolute Gasteiger partial charge is 0.867 e. The number of aliphatic imine (C=N–C) groups is 1. The van der Waals surface area contributed by atoms with Crippen LogP contribution < -0.4 is 5.11 Å². The maximum absolute atomic E-state index is 12.7. The molecule has 26 heavy (non-hydrogen) atoms. The maximum atomic E-state index is 12.7. The van der Waals surface area contributed by atoms with Gasteiger partial charge in [0.25, 0.3) is 5.69 Å². The van der Waals surface area contributed by atoms with Crippen LogP contribution in [-0.2, 0) is 12.8 Å². The normalized spacial score (nSPS) is 14.0. The average molecular weight is 349 g/mol. The average Bonchev–Trinajstić information content (AvgIpc) is 3.00. The van der Waals surface area contributed by atoms with Crippen molar-refractivity contribution in [3.8, 4) is 5.75 Å². The fourth-order valence-electron chi connectivity index (χ4n) is 3.53. The Morgan fingerprint density at radius 1 is 1.23 bits per heavy atom. The van der Waals surface area contributed by atoms with E-state index in [0.717, 1.165) is 48.3 Å². The van der Waals surface area contributed by atoms with E-state index in [1.165, 1.54) is 12.3 Å². The molecule has 0 fully saturated rings. The lowest BCUT2D eigenvalue weighted by Gasteiger charge is -2.14. The first-order valence-corrected chi connectivity index (χ1v) is 8.58. The predicted molar refractivity (Wildman–Crippen MR) is 97.4 cm³/mol. The van der Waals surface area contributed by atoms with Crippen molar-refractivity contribution in [2.75, 3.05) is 0 Å². The fourth-order valence-corrected chi connectivity index (χ4v) is 3.53. The third kappa shape index (κ3) is 2.63. The highest BCUT2D eigenvalue weighted by Crippen LogP contribution is 2.40. The molecule has 3 aromatic rings. The quantitative estimate of drug-likeness (QED) is 0.399. The van der Waals surface area contributed by atoms with E-state index in [9.17, 15) is 15.2 Å². The summed E-state index contributed by atoms with van der Waals surface area (Å²) in [6, 6.07) is 8.79. The summed E-state index contributed by atoms with van der Waals surface area (Å²) in [6.45, 7) is 1.92. The zero-order valence-electron chi connectivity index (χ0n) is 14.3. The van der Waals surface area contributed by atoms with Gasteiger partial charge in [0.1, 0.15) is 11.3 Å². The molecule has 1 aliphatic carbocycles. The zero-order valence-corrected chi connectivity index (χ0v) is 14.3. The van der Waals surface area contributed by atoms with Crippen molar-refractivity contribution in [3.63, 3.8) is 0 Å². The van der Waals surface area contributed by atoms with E-state index >= 15 is 0 Å². The Morgan fingerprint density at radius 3 is 2.77 bits per heavy atom. The highest BCUT2D eigenvalue weighted by Gasteiger charge is 2.23. The highest BCUT2D eigenvalue weighted by atomic mass is 16.6. The van der Waals surface area contributed by atoms with Crippen LogP contribution in [0.5, 0.6) is 5.75 Å². The second-order valence-corrected chi connectivity index (χ2v) is 6.52. The SMILES string of the molecule is Cc1ccccc1N=Cc1c([O-])c([N+](=O)[O-])cc2oc3c(c12)CCCC3. The number of hydrogen-bond donors (Lipinski definition) is 0. The number of nitro groups is 1. The summed E-state index contributed by atoms with van der Waals surface area (Å²) >= 11 is 0. The molecule has 0 bridgehead atoms. The second-order valence-electron chi connectivity index (χ2n) is 6.52. The number of hydrogen-bond acceptors (Lipinski definition) is 5. The van der Waals surface area contributed by atoms with Crippen LogP contribution in [0.15, 0.2) is 39.7 Å². The van der Waals surface area contributed by atoms with E-state index in [-0.39, 0.29) is 5.56 Å². The van der Waals surface area contributed by atoms with Crippen LogP contribution >= 0.6 is 0 Å². The van der Waals surface area contributed by atoms with Gasteiger partial charge in [0, 0.05) is 29.1 Å². The van der Waals surface area contributed by atoms with Crippen LogP contribution in [0.3, 0.4) is 0 Å². The molecule has 1 aliphatic rings. The molecule has 1 heterocycles. The smallest absolute Gasteiger partial charge is 0.266 e. The third-order valence-electron chi connectivity index (χ3n) is 4.86. The number of fused-ring (bicyclic) bond motifs is 3.